The van der Waals surface area contributed by atoms with Crippen LogP contribution in [0.15, 0.2) is 91.0 Å². The zero-order chi connectivity index (χ0) is 28.3. The molecule has 7 heteroatoms. The lowest BCUT2D eigenvalue weighted by molar-refractivity contribution is 0.219. The topological polar surface area (TPSA) is 54.0 Å². The molecule has 4 aromatic rings. The molecule has 0 saturated carbocycles. The Bertz CT molecular complexity index is 1520. The smallest absolute Gasteiger partial charge is 0.335 e. The number of aryl methyl sites for hydroxylation is 1. The van der Waals surface area contributed by atoms with E-state index in [2.05, 4.69) is 50.2 Å². The predicted molar refractivity (Wildman–Crippen MR) is 164 cm³/mol. The Morgan fingerprint density at radius 1 is 0.825 bits per heavy atom. The van der Waals surface area contributed by atoms with Gasteiger partial charge in [-0.1, -0.05) is 92.7 Å². The van der Waals surface area contributed by atoms with Crippen molar-refractivity contribution in [1.29, 1.82) is 0 Å². The van der Waals surface area contributed by atoms with Crippen molar-refractivity contribution < 1.29 is 22.7 Å². The van der Waals surface area contributed by atoms with Crippen LogP contribution >= 0.6 is 16.0 Å². The monoisotopic (exact) mass is 574 g/mol. The van der Waals surface area contributed by atoms with Gasteiger partial charge in [0.2, 0.25) is 0 Å². The van der Waals surface area contributed by atoms with Gasteiger partial charge in [-0.25, -0.2) is 0 Å². The fraction of sp³-hybridized carbons (Fsp3) is 0.273. The molecule has 0 N–H and O–H groups in total. The maximum atomic E-state index is 13.5. The summed E-state index contributed by atoms with van der Waals surface area (Å²) in [5.74, 6) is 1.60. The van der Waals surface area contributed by atoms with Gasteiger partial charge in [-0.15, -0.1) is 0 Å². The Labute approximate surface area is 238 Å². The van der Waals surface area contributed by atoms with Gasteiger partial charge in [-0.05, 0) is 55.2 Å². The van der Waals surface area contributed by atoms with Crippen molar-refractivity contribution in [3.05, 3.63) is 113 Å². The Hall–Kier alpha value is -2.94. The highest BCUT2D eigenvalue weighted by molar-refractivity contribution is 7.57. The first-order valence-electron chi connectivity index (χ1n) is 13.7. The summed E-state index contributed by atoms with van der Waals surface area (Å²) in [4.78, 5) is 0. The van der Waals surface area contributed by atoms with Gasteiger partial charge < -0.3 is 18.1 Å². The zero-order valence-electron chi connectivity index (χ0n) is 23.7. The fourth-order valence-corrected chi connectivity index (χ4v) is 8.45. The molecule has 0 saturated heterocycles. The number of hydrogen-bond acceptors (Lipinski definition) is 5. The standard InChI is InChI=1S/C33H36O5P2/c1-6-35-40(34,36-7-2)23-25-21-24(3)32(29(22-25)33(4,5)26-15-9-8-10-16-26)38-39-31-20-14-12-18-28(31)27-17-11-13-19-30(27)37-39/h8-22H,6-7,23H2,1-5H3. The molecule has 1 unspecified atom stereocenters. The Kier molecular flexibility index (Phi) is 8.50. The number of fused-ring (bicyclic) bond motifs is 3. The van der Waals surface area contributed by atoms with Crippen molar-refractivity contribution in [3.63, 3.8) is 0 Å². The van der Waals surface area contributed by atoms with Gasteiger partial charge in [-0.2, -0.15) is 0 Å². The predicted octanol–water partition coefficient (Wildman–Crippen LogP) is 9.16. The number of benzene rings is 4. The largest absolute Gasteiger partial charge is 0.435 e. The molecule has 0 fully saturated rings. The van der Waals surface area contributed by atoms with E-state index >= 15 is 0 Å². The van der Waals surface area contributed by atoms with E-state index in [0.717, 1.165) is 50.2 Å². The van der Waals surface area contributed by atoms with Gasteiger partial charge in [-0.3, -0.25) is 4.57 Å². The third kappa shape index (κ3) is 5.76. The SMILES string of the molecule is CCOP(=O)(Cc1cc(C)c(OP2Oc3ccccc3-c3ccccc32)c(C(C)(C)c2ccccc2)c1)OCC. The molecule has 0 bridgehead atoms. The first-order valence-corrected chi connectivity index (χ1v) is 16.6. The molecule has 0 aliphatic carbocycles. The van der Waals surface area contributed by atoms with Crippen molar-refractivity contribution in [2.75, 3.05) is 13.2 Å². The van der Waals surface area contributed by atoms with E-state index in [4.69, 9.17) is 18.1 Å². The Balaban J connectivity index is 1.62. The minimum absolute atomic E-state index is 0.190. The number of hydrogen-bond donors (Lipinski definition) is 0. The van der Waals surface area contributed by atoms with E-state index in [1.165, 1.54) is 0 Å². The molecule has 0 amide bonds. The molecule has 5 rings (SSSR count). The van der Waals surface area contributed by atoms with E-state index in [1.807, 2.05) is 75.4 Å². The van der Waals surface area contributed by atoms with E-state index in [0.29, 0.717) is 13.2 Å². The first kappa shape index (κ1) is 28.6. The van der Waals surface area contributed by atoms with Gasteiger partial charge in [0.1, 0.15) is 11.5 Å². The molecule has 40 heavy (non-hydrogen) atoms. The van der Waals surface area contributed by atoms with Crippen LogP contribution in [0.2, 0.25) is 0 Å². The average Bonchev–Trinajstić information content (AvgIpc) is 2.95. The third-order valence-electron chi connectivity index (χ3n) is 7.16. The van der Waals surface area contributed by atoms with Crippen molar-refractivity contribution in [2.24, 2.45) is 0 Å². The summed E-state index contributed by atoms with van der Waals surface area (Å²) in [6, 6.07) is 30.9. The lowest BCUT2D eigenvalue weighted by atomic mass is 9.76. The van der Waals surface area contributed by atoms with Crippen LogP contribution in [0.5, 0.6) is 11.5 Å². The van der Waals surface area contributed by atoms with Crippen LogP contribution in [0.1, 0.15) is 49.9 Å². The lowest BCUT2D eigenvalue weighted by Crippen LogP contribution is -2.23. The molecular formula is C33H36O5P2. The van der Waals surface area contributed by atoms with E-state index < -0.39 is 21.4 Å². The van der Waals surface area contributed by atoms with Crippen molar-refractivity contribution in [2.45, 2.75) is 46.2 Å². The second-order valence-corrected chi connectivity index (χ2v) is 13.8. The highest BCUT2D eigenvalue weighted by Crippen LogP contribution is 2.54. The van der Waals surface area contributed by atoms with Crippen LogP contribution in [0, 0.1) is 6.92 Å². The summed E-state index contributed by atoms with van der Waals surface area (Å²) in [5, 5.41) is 1.04. The maximum absolute atomic E-state index is 13.5. The van der Waals surface area contributed by atoms with Crippen LogP contribution in [0.25, 0.3) is 11.1 Å². The van der Waals surface area contributed by atoms with Crippen LogP contribution in [-0.2, 0) is 25.2 Å². The Morgan fingerprint density at radius 2 is 1.45 bits per heavy atom. The fourth-order valence-electron chi connectivity index (χ4n) is 5.20. The van der Waals surface area contributed by atoms with Gasteiger partial charge in [0.05, 0.1) is 24.7 Å². The molecule has 5 nitrogen and oxygen atoms in total. The molecular weight excluding hydrogens is 538 g/mol. The van der Waals surface area contributed by atoms with E-state index in [9.17, 15) is 4.57 Å². The second-order valence-electron chi connectivity index (χ2n) is 10.3. The number of rotatable bonds is 10. The molecule has 1 heterocycles. The molecule has 208 valence electrons. The summed E-state index contributed by atoms with van der Waals surface area (Å²) in [6.45, 7) is 10.7. The first-order chi connectivity index (χ1) is 19.3. The van der Waals surface area contributed by atoms with Crippen LogP contribution in [0.4, 0.5) is 0 Å². The molecule has 0 aromatic heterocycles. The number of para-hydroxylation sites is 1. The minimum atomic E-state index is -3.30. The molecule has 1 atom stereocenters. The van der Waals surface area contributed by atoms with Gasteiger partial charge in [0.25, 0.3) is 0 Å². The van der Waals surface area contributed by atoms with Gasteiger partial charge in [0, 0.05) is 16.5 Å². The van der Waals surface area contributed by atoms with Crippen molar-refractivity contribution in [1.82, 2.24) is 0 Å². The summed E-state index contributed by atoms with van der Waals surface area (Å²) in [5.41, 5.74) is 5.76. The summed E-state index contributed by atoms with van der Waals surface area (Å²) in [7, 11) is -4.75. The zero-order valence-corrected chi connectivity index (χ0v) is 25.5. The molecule has 0 radical (unpaired) electrons. The van der Waals surface area contributed by atoms with Crippen molar-refractivity contribution >= 4 is 21.3 Å². The molecule has 1 aliphatic heterocycles. The van der Waals surface area contributed by atoms with E-state index in [-0.39, 0.29) is 6.16 Å². The molecule has 1 aliphatic rings. The van der Waals surface area contributed by atoms with Crippen LogP contribution < -0.4 is 14.4 Å². The van der Waals surface area contributed by atoms with E-state index in [1.54, 1.807) is 0 Å². The van der Waals surface area contributed by atoms with Gasteiger partial charge >= 0.3 is 16.0 Å². The average molecular weight is 575 g/mol. The summed E-state index contributed by atoms with van der Waals surface area (Å²) >= 11 is 0. The molecule has 0 spiro atoms. The maximum Gasteiger partial charge on any atom is 0.335 e. The van der Waals surface area contributed by atoms with Crippen LogP contribution in [-0.4, -0.2) is 13.2 Å². The normalized spacial score (nSPS) is 14.7. The second kappa shape index (κ2) is 11.9. The Morgan fingerprint density at radius 3 is 2.15 bits per heavy atom. The minimum Gasteiger partial charge on any atom is -0.435 e. The summed E-state index contributed by atoms with van der Waals surface area (Å²) < 4.78 is 38.2. The molecule has 4 aromatic carbocycles. The third-order valence-corrected chi connectivity index (χ3v) is 10.7. The quantitative estimate of drug-likeness (QED) is 0.177. The van der Waals surface area contributed by atoms with Gasteiger partial charge in [0.15, 0.2) is 0 Å². The summed E-state index contributed by atoms with van der Waals surface area (Å²) in [6.07, 6.45) is 0.190. The lowest BCUT2D eigenvalue weighted by Gasteiger charge is -2.33. The van der Waals surface area contributed by atoms with Crippen LogP contribution in [0.3, 0.4) is 0 Å². The highest BCUT2D eigenvalue weighted by atomic mass is 31.2. The highest BCUT2D eigenvalue weighted by Gasteiger charge is 2.35. The van der Waals surface area contributed by atoms with Crippen molar-refractivity contribution in [3.8, 4) is 22.6 Å².